The van der Waals surface area contributed by atoms with Crippen LogP contribution in [0.15, 0.2) is 24.3 Å². The van der Waals surface area contributed by atoms with Gasteiger partial charge in [-0.3, -0.25) is 4.79 Å². The molecule has 4 nitrogen and oxygen atoms in total. The molecule has 0 aromatic heterocycles. The minimum absolute atomic E-state index is 0.0461. The van der Waals surface area contributed by atoms with Gasteiger partial charge < -0.3 is 15.4 Å². The largest absolute Gasteiger partial charge is 0.492 e. The monoisotopic (exact) mass is 276 g/mol. The zero-order valence-electron chi connectivity index (χ0n) is 12.2. The number of amides is 1. The van der Waals surface area contributed by atoms with E-state index in [1.165, 1.54) is 31.2 Å². The predicted molar refractivity (Wildman–Crippen MR) is 79.9 cm³/mol. The molecule has 0 heterocycles. The molecule has 1 aromatic carbocycles. The summed E-state index contributed by atoms with van der Waals surface area (Å²) in [6, 6.07) is 8.45. The van der Waals surface area contributed by atoms with E-state index >= 15 is 0 Å². The fourth-order valence-corrected chi connectivity index (χ4v) is 2.49. The Balaban J connectivity index is 1.55. The van der Waals surface area contributed by atoms with Crippen molar-refractivity contribution in [2.45, 2.75) is 38.6 Å². The molecule has 1 fully saturated rings. The van der Waals surface area contributed by atoms with Crippen LogP contribution < -0.4 is 15.4 Å². The first kappa shape index (κ1) is 14.9. The molecule has 1 aliphatic rings. The summed E-state index contributed by atoms with van der Waals surface area (Å²) in [4.78, 5) is 11.6. The Bertz CT molecular complexity index is 428. The number of rotatable bonds is 7. The summed E-state index contributed by atoms with van der Waals surface area (Å²) in [5.74, 6) is 0.896. The van der Waals surface area contributed by atoms with Gasteiger partial charge in [-0.25, -0.2) is 0 Å². The van der Waals surface area contributed by atoms with Crippen molar-refractivity contribution in [3.05, 3.63) is 29.8 Å². The third-order valence-corrected chi connectivity index (χ3v) is 3.59. The van der Waals surface area contributed by atoms with Crippen molar-refractivity contribution in [1.29, 1.82) is 0 Å². The highest BCUT2D eigenvalue weighted by Crippen LogP contribution is 2.17. The second-order valence-corrected chi connectivity index (χ2v) is 5.38. The summed E-state index contributed by atoms with van der Waals surface area (Å²) in [6.07, 6.45) is 4.96. The zero-order valence-corrected chi connectivity index (χ0v) is 12.2. The van der Waals surface area contributed by atoms with E-state index in [4.69, 9.17) is 4.74 Å². The second kappa shape index (κ2) is 7.90. The van der Waals surface area contributed by atoms with Crippen LogP contribution in [0.3, 0.4) is 0 Å². The van der Waals surface area contributed by atoms with Gasteiger partial charge in [0.2, 0.25) is 5.91 Å². The first-order valence-electron chi connectivity index (χ1n) is 7.43. The number of hydrogen-bond acceptors (Lipinski definition) is 3. The van der Waals surface area contributed by atoms with Crippen molar-refractivity contribution in [2.24, 2.45) is 0 Å². The van der Waals surface area contributed by atoms with Crippen LogP contribution in [0.25, 0.3) is 0 Å². The van der Waals surface area contributed by atoms with Gasteiger partial charge in [0.1, 0.15) is 12.4 Å². The molecule has 2 N–H and O–H groups in total. The van der Waals surface area contributed by atoms with Crippen LogP contribution >= 0.6 is 0 Å². The maximum absolute atomic E-state index is 11.6. The lowest BCUT2D eigenvalue weighted by molar-refractivity contribution is -0.120. The van der Waals surface area contributed by atoms with Crippen molar-refractivity contribution in [1.82, 2.24) is 10.6 Å². The Morgan fingerprint density at radius 1 is 1.35 bits per heavy atom. The Morgan fingerprint density at radius 3 is 2.90 bits per heavy atom. The molecule has 0 radical (unpaired) electrons. The molecule has 0 unspecified atom stereocenters. The number of aryl methyl sites for hydroxylation is 1. The molecule has 20 heavy (non-hydrogen) atoms. The molecule has 0 aliphatic heterocycles. The molecule has 0 saturated heterocycles. The van der Waals surface area contributed by atoms with E-state index in [-0.39, 0.29) is 5.91 Å². The minimum atomic E-state index is 0.0461. The molecular formula is C16H24N2O2. The van der Waals surface area contributed by atoms with Gasteiger partial charge in [0.05, 0.1) is 13.1 Å². The van der Waals surface area contributed by atoms with Crippen LogP contribution in [0.1, 0.15) is 31.2 Å². The Kier molecular flexibility index (Phi) is 5.87. The van der Waals surface area contributed by atoms with Gasteiger partial charge in [-0.1, -0.05) is 25.0 Å². The first-order chi connectivity index (χ1) is 9.74. The number of ether oxygens (including phenoxy) is 1. The van der Waals surface area contributed by atoms with E-state index in [0.29, 0.717) is 25.7 Å². The van der Waals surface area contributed by atoms with E-state index in [1.807, 2.05) is 31.2 Å². The average molecular weight is 276 g/mol. The highest BCUT2D eigenvalue weighted by atomic mass is 16.5. The number of carbonyl (C=O) groups excluding carboxylic acids is 1. The topological polar surface area (TPSA) is 50.4 Å². The lowest BCUT2D eigenvalue weighted by Crippen LogP contribution is -2.39. The molecule has 1 saturated carbocycles. The summed E-state index contributed by atoms with van der Waals surface area (Å²) >= 11 is 0. The van der Waals surface area contributed by atoms with E-state index in [0.717, 1.165) is 5.75 Å². The third kappa shape index (κ3) is 5.21. The van der Waals surface area contributed by atoms with Crippen molar-refractivity contribution < 1.29 is 9.53 Å². The molecule has 0 atom stereocenters. The molecule has 1 aliphatic carbocycles. The summed E-state index contributed by atoms with van der Waals surface area (Å²) in [7, 11) is 0. The number of carbonyl (C=O) groups is 1. The minimum Gasteiger partial charge on any atom is -0.492 e. The van der Waals surface area contributed by atoms with E-state index < -0.39 is 0 Å². The van der Waals surface area contributed by atoms with Gasteiger partial charge in [0.25, 0.3) is 0 Å². The van der Waals surface area contributed by atoms with Crippen LogP contribution in [0.4, 0.5) is 0 Å². The molecule has 110 valence electrons. The van der Waals surface area contributed by atoms with Crippen LogP contribution in [-0.4, -0.2) is 31.6 Å². The quantitative estimate of drug-likeness (QED) is 0.749. The summed E-state index contributed by atoms with van der Waals surface area (Å²) in [6.45, 7) is 3.48. The zero-order chi connectivity index (χ0) is 14.2. The van der Waals surface area contributed by atoms with Gasteiger partial charge in [-0.2, -0.15) is 0 Å². The number of hydrogen-bond donors (Lipinski definition) is 2. The highest BCUT2D eigenvalue weighted by Gasteiger charge is 2.14. The Labute approximate surface area is 120 Å². The van der Waals surface area contributed by atoms with Crippen LogP contribution in [0, 0.1) is 6.92 Å². The summed E-state index contributed by atoms with van der Waals surface area (Å²) in [5.41, 5.74) is 1.17. The molecule has 1 amide bonds. The predicted octanol–water partition coefficient (Wildman–Crippen LogP) is 2.02. The van der Waals surface area contributed by atoms with Gasteiger partial charge in [-0.15, -0.1) is 0 Å². The standard InChI is InChI=1S/C16H24N2O2/c1-13-5-4-8-15(11-13)20-10-9-17-16(19)12-18-14-6-2-3-7-14/h4-5,8,11,14,18H,2-3,6-7,9-10,12H2,1H3,(H,17,19). The summed E-state index contributed by atoms with van der Waals surface area (Å²) in [5, 5.41) is 6.16. The van der Waals surface area contributed by atoms with Crippen LogP contribution in [0.5, 0.6) is 5.75 Å². The Morgan fingerprint density at radius 2 is 2.15 bits per heavy atom. The maximum Gasteiger partial charge on any atom is 0.234 e. The van der Waals surface area contributed by atoms with Crippen molar-refractivity contribution >= 4 is 5.91 Å². The van der Waals surface area contributed by atoms with Crippen LogP contribution in [0.2, 0.25) is 0 Å². The van der Waals surface area contributed by atoms with Gasteiger partial charge in [0.15, 0.2) is 0 Å². The fraction of sp³-hybridized carbons (Fsp3) is 0.562. The second-order valence-electron chi connectivity index (χ2n) is 5.38. The first-order valence-corrected chi connectivity index (χ1v) is 7.43. The molecule has 4 heteroatoms. The molecular weight excluding hydrogens is 252 g/mol. The average Bonchev–Trinajstić information content (AvgIpc) is 2.95. The highest BCUT2D eigenvalue weighted by molar-refractivity contribution is 5.77. The summed E-state index contributed by atoms with van der Waals surface area (Å²) < 4.78 is 5.58. The van der Waals surface area contributed by atoms with E-state index in [1.54, 1.807) is 0 Å². The molecule has 0 spiro atoms. The van der Waals surface area contributed by atoms with Gasteiger partial charge in [0, 0.05) is 6.04 Å². The van der Waals surface area contributed by atoms with Crippen molar-refractivity contribution in [3.8, 4) is 5.75 Å². The van der Waals surface area contributed by atoms with E-state index in [2.05, 4.69) is 10.6 Å². The smallest absolute Gasteiger partial charge is 0.234 e. The molecule has 0 bridgehead atoms. The maximum atomic E-state index is 11.6. The van der Waals surface area contributed by atoms with Crippen LogP contribution in [-0.2, 0) is 4.79 Å². The van der Waals surface area contributed by atoms with Crippen molar-refractivity contribution in [3.63, 3.8) is 0 Å². The Hall–Kier alpha value is -1.55. The van der Waals surface area contributed by atoms with Gasteiger partial charge >= 0.3 is 0 Å². The van der Waals surface area contributed by atoms with Gasteiger partial charge in [-0.05, 0) is 37.5 Å². The lowest BCUT2D eigenvalue weighted by atomic mass is 10.2. The normalized spacial score (nSPS) is 15.2. The number of benzene rings is 1. The number of nitrogens with one attached hydrogen (secondary N) is 2. The molecule has 2 rings (SSSR count). The van der Waals surface area contributed by atoms with Crippen molar-refractivity contribution in [2.75, 3.05) is 19.7 Å². The third-order valence-electron chi connectivity index (χ3n) is 3.59. The SMILES string of the molecule is Cc1cccc(OCCNC(=O)CNC2CCCC2)c1. The fourth-order valence-electron chi connectivity index (χ4n) is 2.49. The van der Waals surface area contributed by atoms with E-state index in [9.17, 15) is 4.79 Å². The molecule has 1 aromatic rings. The lowest BCUT2D eigenvalue weighted by Gasteiger charge is -2.12.